The van der Waals surface area contributed by atoms with Crippen LogP contribution in [0.25, 0.3) is 0 Å². The summed E-state index contributed by atoms with van der Waals surface area (Å²) in [6, 6.07) is 2.45. The molecule has 0 aliphatic carbocycles. The predicted molar refractivity (Wildman–Crippen MR) is 132 cm³/mol. The number of piperidine rings is 1. The quantitative estimate of drug-likeness (QED) is 0.0817. The summed E-state index contributed by atoms with van der Waals surface area (Å²) in [5, 5.41) is 14.7. The van der Waals surface area contributed by atoms with Crippen LogP contribution in [0.4, 0.5) is 0 Å². The average Bonchev–Trinajstić information content (AvgIpc) is 2.86. The number of amides is 1. The maximum atomic E-state index is 12.8. The van der Waals surface area contributed by atoms with Gasteiger partial charge in [0.2, 0.25) is 0 Å². The zero-order valence-electron chi connectivity index (χ0n) is 22.9. The number of oxime groups is 1. The van der Waals surface area contributed by atoms with Crippen molar-refractivity contribution in [3.05, 3.63) is 47.6 Å². The molecule has 2 aliphatic heterocycles. The number of carbonyl (C=O) groups is 2. The number of allylic oxidation sites excluding steroid dienone is 3. The van der Waals surface area contributed by atoms with Gasteiger partial charge in [0.1, 0.15) is 17.1 Å². The van der Waals surface area contributed by atoms with E-state index in [1.165, 1.54) is 6.07 Å². The van der Waals surface area contributed by atoms with Gasteiger partial charge in [0.15, 0.2) is 13.4 Å². The fraction of sp³-hybridized carbons (Fsp3) is 0.480. The summed E-state index contributed by atoms with van der Waals surface area (Å²) in [5.41, 5.74) is 0.450. The summed E-state index contributed by atoms with van der Waals surface area (Å²) in [6.07, 6.45) is 12.3. The minimum Gasteiger partial charge on any atom is -0.790 e. The van der Waals surface area contributed by atoms with Crippen molar-refractivity contribution in [1.82, 2.24) is 4.90 Å². The molecule has 1 saturated heterocycles. The zero-order chi connectivity index (χ0) is 27.4. The van der Waals surface area contributed by atoms with E-state index in [-0.39, 0.29) is 102 Å². The van der Waals surface area contributed by atoms with E-state index >= 15 is 0 Å². The van der Waals surface area contributed by atoms with Crippen LogP contribution in [0.5, 0.6) is 11.5 Å². The third-order valence-corrected chi connectivity index (χ3v) is 6.18. The molecule has 1 fully saturated rings. The summed E-state index contributed by atoms with van der Waals surface area (Å²) < 4.78 is 25.2. The van der Waals surface area contributed by atoms with Crippen molar-refractivity contribution in [3.63, 3.8) is 0 Å². The van der Waals surface area contributed by atoms with Crippen LogP contribution in [0.2, 0.25) is 0 Å². The van der Waals surface area contributed by atoms with Gasteiger partial charge in [0.25, 0.3) is 5.91 Å². The van der Waals surface area contributed by atoms with Crippen molar-refractivity contribution in [2.45, 2.75) is 44.9 Å². The number of likely N-dealkylation sites (tertiary alicyclic amines) is 1. The van der Waals surface area contributed by atoms with Gasteiger partial charge in [-0.15, -0.1) is 0 Å². The Bertz CT molecular complexity index is 1120. The number of aromatic hydroxyl groups is 1. The second kappa shape index (κ2) is 19.1. The summed E-state index contributed by atoms with van der Waals surface area (Å²) >= 11 is 0. The molecule has 0 aromatic heterocycles. The van der Waals surface area contributed by atoms with E-state index in [1.54, 1.807) is 11.0 Å². The summed E-state index contributed by atoms with van der Waals surface area (Å²) in [5.74, 6) is -1.49. The van der Waals surface area contributed by atoms with Crippen molar-refractivity contribution < 1.29 is 107 Å². The normalized spacial score (nSPS) is 19.1. The topological polar surface area (TPSA) is 170 Å². The Morgan fingerprint density at radius 1 is 1.07 bits per heavy atom. The number of phosphoric ester groups is 1. The Morgan fingerprint density at radius 3 is 2.50 bits per heavy atom. The van der Waals surface area contributed by atoms with Crippen LogP contribution in [0.1, 0.15) is 54.4 Å². The first-order valence-corrected chi connectivity index (χ1v) is 13.8. The number of esters is 1. The van der Waals surface area contributed by atoms with Crippen LogP contribution in [0, 0.1) is 0 Å². The molecule has 40 heavy (non-hydrogen) atoms. The maximum absolute atomic E-state index is 12.8. The van der Waals surface area contributed by atoms with E-state index in [2.05, 4.69) is 9.68 Å². The van der Waals surface area contributed by atoms with Crippen LogP contribution in [-0.4, -0.2) is 60.7 Å². The molecular weight excluding hydrogens is 565 g/mol. The van der Waals surface area contributed by atoms with Gasteiger partial charge in [0.05, 0.1) is 20.1 Å². The molecule has 0 saturated carbocycles. The predicted octanol–water partition coefficient (Wildman–Crippen LogP) is -4.04. The summed E-state index contributed by atoms with van der Waals surface area (Å²) in [4.78, 5) is 53.8. The second-order valence-corrected chi connectivity index (χ2v) is 9.82. The number of phenolic OH excluding ortho intramolecular Hbond substituents is 1. The van der Waals surface area contributed by atoms with Gasteiger partial charge in [-0.2, -0.15) is 0 Å². The molecule has 12 nitrogen and oxygen atoms in total. The van der Waals surface area contributed by atoms with Crippen molar-refractivity contribution in [1.29, 1.82) is 0 Å². The minimum atomic E-state index is -5.27. The Labute approximate surface area is 277 Å². The van der Waals surface area contributed by atoms with E-state index in [0.29, 0.717) is 31.6 Å². The molecule has 1 aromatic carbocycles. The molecule has 3 rings (SSSR count). The Morgan fingerprint density at radius 2 is 1.77 bits per heavy atom. The van der Waals surface area contributed by atoms with Crippen LogP contribution >= 0.6 is 7.82 Å². The summed E-state index contributed by atoms with van der Waals surface area (Å²) in [6.45, 7) is 0.303. The number of phenols is 1. The molecule has 2 aliphatic rings. The van der Waals surface area contributed by atoms with Gasteiger partial charge in [0, 0.05) is 25.6 Å². The van der Waals surface area contributed by atoms with Crippen LogP contribution in [-0.2, 0) is 29.9 Å². The number of carbonyl (C=O) groups excluding carboxylic acids is 2. The number of cyclic esters (lactones) is 1. The van der Waals surface area contributed by atoms with Gasteiger partial charge in [-0.05, 0) is 56.2 Å². The molecule has 0 atom stereocenters. The number of rotatable bonds is 7. The monoisotopic (exact) mass is 596 g/mol. The number of fused-ring (bicyclic) bond motifs is 1. The number of nitrogens with zero attached hydrogens (tertiary/aromatic N) is 2. The fourth-order valence-electron chi connectivity index (χ4n) is 3.94. The summed E-state index contributed by atoms with van der Waals surface area (Å²) in [7, 11) is -5.27. The molecule has 2 heterocycles. The maximum Gasteiger partial charge on any atom is 1.00 e. The van der Waals surface area contributed by atoms with Gasteiger partial charge in [-0.1, -0.05) is 23.4 Å². The molecule has 1 aromatic rings. The number of hydrogen-bond acceptors (Lipinski definition) is 11. The van der Waals surface area contributed by atoms with Crippen molar-refractivity contribution in [2.24, 2.45) is 5.16 Å². The Balaban J connectivity index is 0.00000400. The van der Waals surface area contributed by atoms with Crippen LogP contribution < -0.4 is 73.6 Å². The van der Waals surface area contributed by atoms with Crippen LogP contribution in [0.15, 0.2) is 41.6 Å². The standard InChI is InChI=1S/C25H33N2O10P.2Na/c28-22-16-21(35-18-37-38(31,32)33)15-19-14-20(26-36-17-23(29)27-11-7-5-8-12-27)10-6-3-1-2-4-9-13-34-25(30)24(19)22;;/h2,4,6,10,15-16,28H,1,3,5,7-9,11-14,17-18H2,(H2,31,32,33);;/q;2*+1/p-2/b4-2+,10-6+,26-20-;;. The number of ether oxygens (including phenoxy) is 2. The zero-order valence-corrected chi connectivity index (χ0v) is 27.8. The van der Waals surface area contributed by atoms with Crippen molar-refractivity contribution in [3.8, 4) is 11.5 Å². The fourth-order valence-corrected chi connectivity index (χ4v) is 4.12. The first kappa shape index (κ1) is 36.8. The molecule has 0 bridgehead atoms. The first-order chi connectivity index (χ1) is 18.2. The van der Waals surface area contributed by atoms with E-state index in [4.69, 9.17) is 14.3 Å². The molecule has 0 unspecified atom stereocenters. The van der Waals surface area contributed by atoms with Gasteiger partial charge >= 0.3 is 65.1 Å². The van der Waals surface area contributed by atoms with Gasteiger partial charge in [-0.25, -0.2) is 4.79 Å². The molecule has 0 spiro atoms. The Hall–Kier alpha value is -1.18. The van der Waals surface area contributed by atoms with Gasteiger partial charge < -0.3 is 43.2 Å². The van der Waals surface area contributed by atoms with Gasteiger partial charge in [-0.3, -0.25) is 4.79 Å². The average molecular weight is 596 g/mol. The molecule has 1 N–H and O–H groups in total. The molecule has 15 heteroatoms. The van der Waals surface area contributed by atoms with E-state index in [1.807, 2.05) is 18.2 Å². The molecule has 0 radical (unpaired) electrons. The van der Waals surface area contributed by atoms with Crippen molar-refractivity contribution in [2.75, 3.05) is 33.1 Å². The number of phosphoric acid groups is 1. The number of hydrogen-bond donors (Lipinski definition) is 1. The SMILES string of the molecule is O=C1OCC/C=C/CC/C=C/C(=N/OCC(=O)N2CCCCC2)Cc2cc(OCOP(=O)([O-])[O-])cc(O)c21.[Na+].[Na+]. The number of benzene rings is 1. The first-order valence-electron chi connectivity index (χ1n) is 12.3. The third-order valence-electron chi connectivity index (χ3n) is 5.76. The molecule has 1 amide bonds. The Kier molecular flexibility index (Phi) is 17.6. The second-order valence-electron chi connectivity index (χ2n) is 8.67. The van der Waals surface area contributed by atoms with E-state index < -0.39 is 26.3 Å². The van der Waals surface area contributed by atoms with E-state index in [0.717, 1.165) is 31.7 Å². The smallest absolute Gasteiger partial charge is 0.790 e. The molecular formula is C25H31N2Na2O10P. The largest absolute Gasteiger partial charge is 1.00 e. The van der Waals surface area contributed by atoms with Crippen molar-refractivity contribution >= 4 is 25.4 Å². The van der Waals surface area contributed by atoms with E-state index in [9.17, 15) is 29.0 Å². The minimum absolute atomic E-state index is 0. The molecule has 208 valence electrons. The van der Waals surface area contributed by atoms with Crippen LogP contribution in [0.3, 0.4) is 0 Å². The third kappa shape index (κ3) is 13.2.